The Hall–Kier alpha value is -0.870. The molecule has 0 radical (unpaired) electrons. The van der Waals surface area contributed by atoms with Gasteiger partial charge in [-0.1, -0.05) is 41.1 Å². The molecule has 2 unspecified atom stereocenters. The number of carbonyl (C=O) groups excluding carboxylic acids is 1. The van der Waals surface area contributed by atoms with Crippen LogP contribution in [0.5, 0.6) is 0 Å². The van der Waals surface area contributed by atoms with Crippen molar-refractivity contribution in [3.63, 3.8) is 0 Å². The number of rotatable bonds is 6. The predicted octanol–water partition coefficient (Wildman–Crippen LogP) is 3.75. The molecule has 1 heterocycles. The lowest BCUT2D eigenvalue weighted by atomic mass is 10.0. The Kier molecular flexibility index (Phi) is 6.24. The largest absolute Gasteiger partial charge is 0.336 e. The predicted molar refractivity (Wildman–Crippen MR) is 90.2 cm³/mol. The van der Waals surface area contributed by atoms with Crippen molar-refractivity contribution in [2.24, 2.45) is 5.92 Å². The highest BCUT2D eigenvalue weighted by atomic mass is 79.9. The maximum atomic E-state index is 12.7. The van der Waals surface area contributed by atoms with Crippen LogP contribution in [0.25, 0.3) is 0 Å². The van der Waals surface area contributed by atoms with Gasteiger partial charge in [-0.25, -0.2) is 0 Å². The molecule has 0 aliphatic carbocycles. The minimum Gasteiger partial charge on any atom is -0.336 e. The van der Waals surface area contributed by atoms with Crippen molar-refractivity contribution in [3.05, 3.63) is 34.3 Å². The zero-order valence-corrected chi connectivity index (χ0v) is 14.5. The van der Waals surface area contributed by atoms with E-state index in [-0.39, 0.29) is 11.9 Å². The molecule has 1 fully saturated rings. The van der Waals surface area contributed by atoms with E-state index in [1.165, 1.54) is 5.56 Å². The molecule has 1 aliphatic heterocycles. The number of carbonyl (C=O) groups is 1. The number of nitrogens with zero attached hydrogens (tertiary/aromatic N) is 1. The average molecular weight is 353 g/mol. The van der Waals surface area contributed by atoms with E-state index in [2.05, 4.69) is 41.2 Å². The molecule has 1 amide bonds. The number of hydrogen-bond donors (Lipinski definition) is 1. The monoisotopic (exact) mass is 352 g/mol. The summed E-state index contributed by atoms with van der Waals surface area (Å²) < 4.78 is 1.08. The standard InChI is InChI=1S/C17H25BrN2O/c1-3-10-20(17(21)11-14-8-9-19-12-14)13(2)15-6-4-5-7-16(15)18/h4-7,13-14,19H,3,8-12H2,1-2H3. The summed E-state index contributed by atoms with van der Waals surface area (Å²) in [5.41, 5.74) is 1.18. The van der Waals surface area contributed by atoms with Crippen LogP contribution in [0, 0.1) is 5.92 Å². The molecule has 1 aromatic carbocycles. The Bertz CT molecular complexity index is 472. The third kappa shape index (κ3) is 4.30. The van der Waals surface area contributed by atoms with E-state index >= 15 is 0 Å². The summed E-state index contributed by atoms with van der Waals surface area (Å²) in [6.45, 7) is 7.10. The normalized spacial score (nSPS) is 19.5. The van der Waals surface area contributed by atoms with Gasteiger partial charge >= 0.3 is 0 Å². The molecule has 3 nitrogen and oxygen atoms in total. The molecule has 1 N–H and O–H groups in total. The Balaban J connectivity index is 2.09. The molecule has 1 aliphatic rings. The van der Waals surface area contributed by atoms with Crippen LogP contribution in [-0.4, -0.2) is 30.4 Å². The van der Waals surface area contributed by atoms with Gasteiger partial charge < -0.3 is 10.2 Å². The quantitative estimate of drug-likeness (QED) is 0.845. The fourth-order valence-corrected chi connectivity index (χ4v) is 3.63. The third-order valence-corrected chi connectivity index (χ3v) is 4.96. The number of hydrogen-bond acceptors (Lipinski definition) is 2. The summed E-state index contributed by atoms with van der Waals surface area (Å²) in [5, 5.41) is 3.34. The fraction of sp³-hybridized carbons (Fsp3) is 0.588. The van der Waals surface area contributed by atoms with E-state index in [1.54, 1.807) is 0 Å². The summed E-state index contributed by atoms with van der Waals surface area (Å²) in [4.78, 5) is 14.7. The van der Waals surface area contributed by atoms with Gasteiger partial charge in [0, 0.05) is 17.4 Å². The SMILES string of the molecule is CCCN(C(=O)CC1CCNC1)C(C)c1ccccc1Br. The van der Waals surface area contributed by atoms with Crippen molar-refractivity contribution in [3.8, 4) is 0 Å². The molecule has 4 heteroatoms. The molecule has 0 saturated carbocycles. The second-order valence-electron chi connectivity index (χ2n) is 5.85. The maximum absolute atomic E-state index is 12.7. The second kappa shape index (κ2) is 7.95. The number of nitrogens with one attached hydrogen (secondary N) is 1. The van der Waals surface area contributed by atoms with Crippen LogP contribution in [0.1, 0.15) is 44.7 Å². The van der Waals surface area contributed by atoms with E-state index < -0.39 is 0 Å². The highest BCUT2D eigenvalue weighted by Gasteiger charge is 2.25. The topological polar surface area (TPSA) is 32.3 Å². The first-order valence-corrected chi connectivity index (χ1v) is 8.67. The summed E-state index contributed by atoms with van der Waals surface area (Å²) in [6.07, 6.45) is 2.78. The van der Waals surface area contributed by atoms with Crippen LogP contribution in [0.3, 0.4) is 0 Å². The van der Waals surface area contributed by atoms with E-state index in [0.29, 0.717) is 12.3 Å². The summed E-state index contributed by atoms with van der Waals surface area (Å²) in [5.74, 6) is 0.789. The van der Waals surface area contributed by atoms with Gasteiger partial charge in [-0.15, -0.1) is 0 Å². The van der Waals surface area contributed by atoms with Gasteiger partial charge in [0.05, 0.1) is 6.04 Å². The van der Waals surface area contributed by atoms with Gasteiger partial charge in [0.15, 0.2) is 0 Å². The van der Waals surface area contributed by atoms with E-state index in [1.807, 2.05) is 23.1 Å². The molecule has 21 heavy (non-hydrogen) atoms. The highest BCUT2D eigenvalue weighted by molar-refractivity contribution is 9.10. The van der Waals surface area contributed by atoms with E-state index in [4.69, 9.17) is 0 Å². The Morgan fingerprint density at radius 2 is 2.24 bits per heavy atom. The van der Waals surface area contributed by atoms with E-state index in [0.717, 1.165) is 36.9 Å². The molecule has 116 valence electrons. The smallest absolute Gasteiger partial charge is 0.223 e. The molecule has 1 saturated heterocycles. The zero-order chi connectivity index (χ0) is 15.2. The van der Waals surface area contributed by atoms with Crippen molar-refractivity contribution in [1.29, 1.82) is 0 Å². The molecular weight excluding hydrogens is 328 g/mol. The van der Waals surface area contributed by atoms with E-state index in [9.17, 15) is 4.79 Å². The molecule has 2 rings (SSSR count). The molecular formula is C17H25BrN2O. The number of halogens is 1. The number of amides is 1. The Labute approximate surface area is 136 Å². The molecule has 0 aromatic heterocycles. The minimum atomic E-state index is 0.113. The molecule has 0 bridgehead atoms. The maximum Gasteiger partial charge on any atom is 0.223 e. The minimum absolute atomic E-state index is 0.113. The van der Waals surface area contributed by atoms with Crippen molar-refractivity contribution >= 4 is 21.8 Å². The zero-order valence-electron chi connectivity index (χ0n) is 12.9. The van der Waals surface area contributed by atoms with Crippen LogP contribution >= 0.6 is 15.9 Å². The molecule has 2 atom stereocenters. The fourth-order valence-electron chi connectivity index (χ4n) is 3.01. The third-order valence-electron chi connectivity index (χ3n) is 4.23. The Morgan fingerprint density at radius 3 is 2.86 bits per heavy atom. The van der Waals surface area contributed by atoms with Crippen LogP contribution in [0.4, 0.5) is 0 Å². The first-order valence-electron chi connectivity index (χ1n) is 7.88. The highest BCUT2D eigenvalue weighted by Crippen LogP contribution is 2.29. The summed E-state index contributed by atoms with van der Waals surface area (Å²) in [7, 11) is 0. The average Bonchev–Trinajstić information content (AvgIpc) is 2.97. The van der Waals surface area contributed by atoms with Gasteiger partial charge in [-0.05, 0) is 50.4 Å². The van der Waals surface area contributed by atoms with Crippen LogP contribution in [-0.2, 0) is 4.79 Å². The van der Waals surface area contributed by atoms with Crippen LogP contribution in [0.2, 0.25) is 0 Å². The lowest BCUT2D eigenvalue weighted by Gasteiger charge is -2.31. The molecule has 0 spiro atoms. The summed E-state index contributed by atoms with van der Waals surface area (Å²) >= 11 is 3.61. The van der Waals surface area contributed by atoms with Crippen molar-refractivity contribution < 1.29 is 4.79 Å². The lowest BCUT2D eigenvalue weighted by molar-refractivity contribution is -0.134. The van der Waals surface area contributed by atoms with Crippen molar-refractivity contribution in [2.45, 2.75) is 39.2 Å². The number of benzene rings is 1. The van der Waals surface area contributed by atoms with Gasteiger partial charge in [0.2, 0.25) is 5.91 Å². The van der Waals surface area contributed by atoms with Gasteiger partial charge in [0.25, 0.3) is 0 Å². The van der Waals surface area contributed by atoms with Gasteiger partial charge in [-0.2, -0.15) is 0 Å². The molecule has 1 aromatic rings. The second-order valence-corrected chi connectivity index (χ2v) is 6.70. The summed E-state index contributed by atoms with van der Waals surface area (Å²) in [6, 6.07) is 8.30. The van der Waals surface area contributed by atoms with Gasteiger partial charge in [-0.3, -0.25) is 4.79 Å². The van der Waals surface area contributed by atoms with Crippen LogP contribution < -0.4 is 5.32 Å². The van der Waals surface area contributed by atoms with Crippen molar-refractivity contribution in [1.82, 2.24) is 10.2 Å². The van der Waals surface area contributed by atoms with Crippen molar-refractivity contribution in [2.75, 3.05) is 19.6 Å². The lowest BCUT2D eigenvalue weighted by Crippen LogP contribution is -2.35. The van der Waals surface area contributed by atoms with Gasteiger partial charge in [0.1, 0.15) is 0 Å². The first kappa shape index (κ1) is 16.5. The first-order chi connectivity index (χ1) is 10.1. The van der Waals surface area contributed by atoms with Crippen LogP contribution in [0.15, 0.2) is 28.7 Å². The Morgan fingerprint density at radius 1 is 1.48 bits per heavy atom.